The molecule has 0 radical (unpaired) electrons. The highest BCUT2D eigenvalue weighted by molar-refractivity contribution is 6.07. The summed E-state index contributed by atoms with van der Waals surface area (Å²) in [6.45, 7) is 0.661. The molecule has 1 aliphatic rings. The predicted octanol–water partition coefficient (Wildman–Crippen LogP) is 2.70. The van der Waals surface area contributed by atoms with E-state index in [4.69, 9.17) is 14.2 Å². The van der Waals surface area contributed by atoms with Crippen LogP contribution in [-0.4, -0.2) is 38.8 Å². The Morgan fingerprint density at radius 1 is 1.12 bits per heavy atom. The SMILES string of the molecule is COc1cc(C(=O)N2CCCc3ncccc32)cc(OC)c1OC. The van der Waals surface area contributed by atoms with Gasteiger partial charge in [0.1, 0.15) is 0 Å². The highest BCUT2D eigenvalue weighted by atomic mass is 16.5. The number of amides is 1. The van der Waals surface area contributed by atoms with Gasteiger partial charge in [0.15, 0.2) is 11.5 Å². The van der Waals surface area contributed by atoms with E-state index < -0.39 is 0 Å². The summed E-state index contributed by atoms with van der Waals surface area (Å²) in [5, 5.41) is 0. The van der Waals surface area contributed by atoms with Gasteiger partial charge in [-0.15, -0.1) is 0 Å². The molecule has 0 bridgehead atoms. The van der Waals surface area contributed by atoms with Gasteiger partial charge in [-0.25, -0.2) is 0 Å². The molecule has 24 heavy (non-hydrogen) atoms. The van der Waals surface area contributed by atoms with Gasteiger partial charge in [-0.05, 0) is 37.1 Å². The van der Waals surface area contributed by atoms with Crippen LogP contribution in [0.5, 0.6) is 17.2 Å². The number of carbonyl (C=O) groups excluding carboxylic acids is 1. The molecule has 0 fully saturated rings. The largest absolute Gasteiger partial charge is 0.493 e. The first-order chi connectivity index (χ1) is 11.7. The van der Waals surface area contributed by atoms with Crippen LogP contribution in [0.3, 0.4) is 0 Å². The zero-order valence-electron chi connectivity index (χ0n) is 14.0. The smallest absolute Gasteiger partial charge is 0.258 e. The van der Waals surface area contributed by atoms with Crippen molar-refractivity contribution in [1.29, 1.82) is 0 Å². The van der Waals surface area contributed by atoms with Gasteiger partial charge < -0.3 is 19.1 Å². The number of hydrogen-bond donors (Lipinski definition) is 0. The summed E-state index contributed by atoms with van der Waals surface area (Å²) < 4.78 is 16.0. The standard InChI is InChI=1S/C18H20N2O4/c1-22-15-10-12(11-16(23-2)17(15)24-3)18(21)20-9-5-6-13-14(20)7-4-8-19-13/h4,7-8,10-11H,5-6,9H2,1-3H3. The first kappa shape index (κ1) is 16.1. The molecule has 0 spiro atoms. The van der Waals surface area contributed by atoms with Crippen molar-refractivity contribution in [3.8, 4) is 17.2 Å². The highest BCUT2D eigenvalue weighted by Gasteiger charge is 2.26. The van der Waals surface area contributed by atoms with Crippen LogP contribution in [0.25, 0.3) is 0 Å². The van der Waals surface area contributed by atoms with E-state index in [0.717, 1.165) is 24.2 Å². The van der Waals surface area contributed by atoms with Crippen LogP contribution in [0.2, 0.25) is 0 Å². The zero-order valence-corrected chi connectivity index (χ0v) is 14.0. The van der Waals surface area contributed by atoms with Crippen LogP contribution in [0.15, 0.2) is 30.5 Å². The van der Waals surface area contributed by atoms with Gasteiger partial charge >= 0.3 is 0 Å². The van der Waals surface area contributed by atoms with E-state index in [1.54, 1.807) is 23.2 Å². The number of hydrogen-bond acceptors (Lipinski definition) is 5. The number of aromatic nitrogens is 1. The van der Waals surface area contributed by atoms with E-state index in [-0.39, 0.29) is 5.91 Å². The molecule has 2 aromatic rings. The number of nitrogens with zero attached hydrogens (tertiary/aromatic N) is 2. The summed E-state index contributed by atoms with van der Waals surface area (Å²) in [7, 11) is 4.60. The van der Waals surface area contributed by atoms with Gasteiger partial charge in [-0.1, -0.05) is 0 Å². The lowest BCUT2D eigenvalue weighted by Gasteiger charge is -2.29. The summed E-state index contributed by atoms with van der Waals surface area (Å²) in [6.07, 6.45) is 3.53. The average Bonchev–Trinajstić information content (AvgIpc) is 2.65. The second-order valence-electron chi connectivity index (χ2n) is 5.44. The second-order valence-corrected chi connectivity index (χ2v) is 5.44. The number of benzene rings is 1. The summed E-state index contributed by atoms with van der Waals surface area (Å²) in [5.74, 6) is 1.28. The molecule has 0 N–H and O–H groups in total. The molecule has 0 unspecified atom stereocenters. The van der Waals surface area contributed by atoms with Gasteiger partial charge in [0, 0.05) is 18.3 Å². The maximum absolute atomic E-state index is 13.0. The monoisotopic (exact) mass is 328 g/mol. The average molecular weight is 328 g/mol. The fourth-order valence-electron chi connectivity index (χ4n) is 2.96. The van der Waals surface area contributed by atoms with E-state index in [1.807, 2.05) is 12.1 Å². The van der Waals surface area contributed by atoms with Gasteiger partial charge in [0.2, 0.25) is 5.75 Å². The lowest BCUT2D eigenvalue weighted by atomic mass is 10.1. The minimum atomic E-state index is -0.108. The van der Waals surface area contributed by atoms with Crippen molar-refractivity contribution in [3.05, 3.63) is 41.7 Å². The van der Waals surface area contributed by atoms with Gasteiger partial charge in [0.05, 0.1) is 32.7 Å². The molecular weight excluding hydrogens is 308 g/mol. The molecule has 1 aromatic heterocycles. The van der Waals surface area contributed by atoms with Crippen LogP contribution >= 0.6 is 0 Å². The first-order valence-corrected chi connectivity index (χ1v) is 7.75. The van der Waals surface area contributed by atoms with Crippen LogP contribution in [0.1, 0.15) is 22.5 Å². The van der Waals surface area contributed by atoms with Crippen LogP contribution in [0, 0.1) is 0 Å². The normalized spacial score (nSPS) is 13.2. The summed E-state index contributed by atoms with van der Waals surface area (Å²) in [5.41, 5.74) is 2.30. The van der Waals surface area contributed by atoms with Crippen molar-refractivity contribution < 1.29 is 19.0 Å². The minimum Gasteiger partial charge on any atom is -0.493 e. The Morgan fingerprint density at radius 3 is 2.46 bits per heavy atom. The van der Waals surface area contributed by atoms with E-state index in [0.29, 0.717) is 29.4 Å². The van der Waals surface area contributed by atoms with E-state index in [2.05, 4.69) is 4.98 Å². The summed E-state index contributed by atoms with van der Waals surface area (Å²) in [4.78, 5) is 19.2. The van der Waals surface area contributed by atoms with E-state index in [9.17, 15) is 4.79 Å². The molecule has 0 saturated carbocycles. The molecule has 2 heterocycles. The quantitative estimate of drug-likeness (QED) is 0.863. The Morgan fingerprint density at radius 2 is 1.83 bits per heavy atom. The molecule has 126 valence electrons. The highest BCUT2D eigenvalue weighted by Crippen LogP contribution is 2.39. The summed E-state index contributed by atoms with van der Waals surface area (Å²) in [6, 6.07) is 7.12. The van der Waals surface area contributed by atoms with Crippen molar-refractivity contribution in [2.45, 2.75) is 12.8 Å². The molecule has 6 heteroatoms. The number of rotatable bonds is 4. The number of ether oxygens (including phenoxy) is 3. The molecule has 1 amide bonds. The van der Waals surface area contributed by atoms with Crippen LogP contribution < -0.4 is 19.1 Å². The molecule has 6 nitrogen and oxygen atoms in total. The van der Waals surface area contributed by atoms with E-state index >= 15 is 0 Å². The molecule has 1 aliphatic heterocycles. The predicted molar refractivity (Wildman–Crippen MR) is 90.3 cm³/mol. The topological polar surface area (TPSA) is 60.9 Å². The van der Waals surface area contributed by atoms with Crippen LogP contribution in [-0.2, 0) is 6.42 Å². The fourth-order valence-corrected chi connectivity index (χ4v) is 2.96. The zero-order chi connectivity index (χ0) is 17.1. The van der Waals surface area contributed by atoms with Crippen molar-refractivity contribution in [1.82, 2.24) is 4.98 Å². The fraction of sp³-hybridized carbons (Fsp3) is 0.333. The Bertz CT molecular complexity index is 735. The number of methoxy groups -OCH3 is 3. The number of aryl methyl sites for hydroxylation is 1. The second kappa shape index (κ2) is 6.78. The molecule has 0 atom stereocenters. The van der Waals surface area contributed by atoms with E-state index in [1.165, 1.54) is 21.3 Å². The molecule has 0 aliphatic carbocycles. The molecule has 3 rings (SSSR count). The Balaban J connectivity index is 2.02. The molecule has 0 saturated heterocycles. The number of pyridine rings is 1. The van der Waals surface area contributed by atoms with Crippen LogP contribution in [0.4, 0.5) is 5.69 Å². The Kier molecular flexibility index (Phi) is 4.55. The third kappa shape index (κ3) is 2.75. The number of anilines is 1. The first-order valence-electron chi connectivity index (χ1n) is 7.75. The Hall–Kier alpha value is -2.76. The molecule has 1 aromatic carbocycles. The van der Waals surface area contributed by atoms with Crippen molar-refractivity contribution in [2.24, 2.45) is 0 Å². The van der Waals surface area contributed by atoms with Crippen molar-refractivity contribution >= 4 is 11.6 Å². The summed E-state index contributed by atoms with van der Waals surface area (Å²) >= 11 is 0. The number of fused-ring (bicyclic) bond motifs is 1. The van der Waals surface area contributed by atoms with Crippen molar-refractivity contribution in [2.75, 3.05) is 32.8 Å². The minimum absolute atomic E-state index is 0.108. The Labute approximate surface area is 141 Å². The lowest BCUT2D eigenvalue weighted by molar-refractivity contribution is 0.0984. The lowest BCUT2D eigenvalue weighted by Crippen LogP contribution is -2.35. The third-order valence-electron chi connectivity index (χ3n) is 4.11. The molecular formula is C18H20N2O4. The third-order valence-corrected chi connectivity index (χ3v) is 4.11. The maximum Gasteiger partial charge on any atom is 0.258 e. The van der Waals surface area contributed by atoms with Gasteiger partial charge in [-0.3, -0.25) is 9.78 Å². The maximum atomic E-state index is 13.0. The van der Waals surface area contributed by atoms with Crippen molar-refractivity contribution in [3.63, 3.8) is 0 Å². The number of carbonyl (C=O) groups is 1. The van der Waals surface area contributed by atoms with Gasteiger partial charge in [0.25, 0.3) is 5.91 Å². The van der Waals surface area contributed by atoms with Gasteiger partial charge in [-0.2, -0.15) is 0 Å².